The van der Waals surface area contributed by atoms with Crippen LogP contribution < -0.4 is 10.1 Å². The number of Topliss-reactive ketones (excluding diaryl/α,β-unsaturated/α-hetero) is 1. The van der Waals surface area contributed by atoms with E-state index in [1.54, 1.807) is 48.5 Å². The molecule has 2 rings (SSSR count). The van der Waals surface area contributed by atoms with Gasteiger partial charge in [0, 0.05) is 17.7 Å². The Bertz CT molecular complexity index is 769. The third kappa shape index (κ3) is 7.32. The number of ketones is 1. The normalized spacial score (nSPS) is 10.3. The number of hydrogen-bond acceptors (Lipinski definition) is 5. The second kappa shape index (κ2) is 10.1. The summed E-state index contributed by atoms with van der Waals surface area (Å²) in [7, 11) is 0. The number of nitrogens with one attached hydrogen (secondary N) is 1. The lowest BCUT2D eigenvalue weighted by molar-refractivity contribution is -0.144. The van der Waals surface area contributed by atoms with E-state index in [0.29, 0.717) is 23.4 Å². The van der Waals surface area contributed by atoms with Crippen LogP contribution in [0.15, 0.2) is 54.6 Å². The number of rotatable bonds is 9. The summed E-state index contributed by atoms with van der Waals surface area (Å²) in [5.74, 6) is -0.202. The highest BCUT2D eigenvalue weighted by atomic mass is 16.6. The highest BCUT2D eigenvalue weighted by molar-refractivity contribution is 5.98. The van der Waals surface area contributed by atoms with E-state index in [1.165, 1.54) is 0 Å². The Hall–Kier alpha value is -3.15. The molecule has 0 aliphatic rings. The number of ether oxygens (including phenoxy) is 2. The van der Waals surface area contributed by atoms with Crippen LogP contribution in [0.5, 0.6) is 5.75 Å². The Balaban J connectivity index is 1.76. The molecule has 2 aromatic carbocycles. The average molecular weight is 369 g/mol. The third-order valence-electron chi connectivity index (χ3n) is 3.55. The molecule has 6 heteroatoms. The van der Waals surface area contributed by atoms with Gasteiger partial charge in [0.2, 0.25) is 5.91 Å². The maximum Gasteiger partial charge on any atom is 0.344 e. The number of amides is 1. The average Bonchev–Trinajstić information content (AvgIpc) is 2.65. The first kappa shape index (κ1) is 20.2. The molecule has 0 atom stereocenters. The lowest BCUT2D eigenvalue weighted by Gasteiger charge is -2.08. The largest absolute Gasteiger partial charge is 0.482 e. The molecular weight excluding hydrogens is 346 g/mol. The predicted molar refractivity (Wildman–Crippen MR) is 102 cm³/mol. The minimum absolute atomic E-state index is 0.0728. The Kier molecular flexibility index (Phi) is 7.55. The van der Waals surface area contributed by atoms with Crippen molar-refractivity contribution in [3.8, 4) is 5.75 Å². The fourth-order valence-electron chi connectivity index (χ4n) is 2.25. The third-order valence-corrected chi connectivity index (χ3v) is 3.55. The summed E-state index contributed by atoms with van der Waals surface area (Å²) in [6, 6.07) is 15.3. The molecule has 0 aliphatic carbocycles. The van der Waals surface area contributed by atoms with Gasteiger partial charge in [-0.3, -0.25) is 9.59 Å². The summed E-state index contributed by atoms with van der Waals surface area (Å²) >= 11 is 0. The lowest BCUT2D eigenvalue weighted by atomic mass is 10.1. The van der Waals surface area contributed by atoms with E-state index in [1.807, 2.05) is 19.9 Å². The fraction of sp³-hybridized carbons (Fsp3) is 0.286. The van der Waals surface area contributed by atoms with Crippen LogP contribution in [0.2, 0.25) is 0 Å². The van der Waals surface area contributed by atoms with Gasteiger partial charge < -0.3 is 14.8 Å². The molecule has 1 N–H and O–H groups in total. The van der Waals surface area contributed by atoms with Crippen molar-refractivity contribution in [1.82, 2.24) is 0 Å². The Labute approximate surface area is 158 Å². The van der Waals surface area contributed by atoms with Gasteiger partial charge in [-0.05, 0) is 42.3 Å². The number of carbonyl (C=O) groups excluding carboxylic acids is 3. The molecule has 142 valence electrons. The van der Waals surface area contributed by atoms with Gasteiger partial charge in [-0.15, -0.1) is 0 Å². The molecule has 2 aromatic rings. The van der Waals surface area contributed by atoms with Gasteiger partial charge >= 0.3 is 5.97 Å². The molecule has 27 heavy (non-hydrogen) atoms. The first-order chi connectivity index (χ1) is 12.9. The molecule has 0 heterocycles. The topological polar surface area (TPSA) is 81.7 Å². The minimum Gasteiger partial charge on any atom is -0.482 e. The van der Waals surface area contributed by atoms with Crippen LogP contribution in [-0.2, 0) is 14.3 Å². The van der Waals surface area contributed by atoms with Crippen molar-refractivity contribution < 1.29 is 23.9 Å². The van der Waals surface area contributed by atoms with Gasteiger partial charge in [0.1, 0.15) is 5.75 Å². The second-order valence-corrected chi connectivity index (χ2v) is 6.41. The monoisotopic (exact) mass is 369 g/mol. The van der Waals surface area contributed by atoms with E-state index in [2.05, 4.69) is 5.32 Å². The van der Waals surface area contributed by atoms with Crippen molar-refractivity contribution in [1.29, 1.82) is 0 Å². The standard InChI is InChI=1S/C21H23NO5/c1-15(2)12-20(24)22-17-10-8-16(9-11-17)19(23)13-27-21(25)14-26-18-6-4-3-5-7-18/h3-11,15H,12-14H2,1-2H3,(H,22,24). The Morgan fingerprint density at radius 3 is 2.22 bits per heavy atom. The summed E-state index contributed by atoms with van der Waals surface area (Å²) in [6.45, 7) is 3.30. The van der Waals surface area contributed by atoms with Crippen molar-refractivity contribution in [2.45, 2.75) is 20.3 Å². The van der Waals surface area contributed by atoms with Crippen molar-refractivity contribution in [2.24, 2.45) is 5.92 Å². The second-order valence-electron chi connectivity index (χ2n) is 6.41. The van der Waals surface area contributed by atoms with Crippen molar-refractivity contribution >= 4 is 23.3 Å². The number of para-hydroxylation sites is 1. The van der Waals surface area contributed by atoms with E-state index in [-0.39, 0.29) is 30.8 Å². The van der Waals surface area contributed by atoms with Crippen molar-refractivity contribution in [2.75, 3.05) is 18.5 Å². The van der Waals surface area contributed by atoms with Gasteiger partial charge in [-0.2, -0.15) is 0 Å². The van der Waals surface area contributed by atoms with Crippen LogP contribution in [0, 0.1) is 5.92 Å². The van der Waals surface area contributed by atoms with Crippen LogP contribution in [0.25, 0.3) is 0 Å². The first-order valence-electron chi connectivity index (χ1n) is 8.70. The fourth-order valence-corrected chi connectivity index (χ4v) is 2.25. The highest BCUT2D eigenvalue weighted by Crippen LogP contribution is 2.12. The zero-order valence-electron chi connectivity index (χ0n) is 15.4. The quantitative estimate of drug-likeness (QED) is 0.541. The van der Waals surface area contributed by atoms with Crippen LogP contribution in [0.4, 0.5) is 5.69 Å². The maximum absolute atomic E-state index is 12.1. The smallest absolute Gasteiger partial charge is 0.344 e. The van der Waals surface area contributed by atoms with E-state index < -0.39 is 5.97 Å². The van der Waals surface area contributed by atoms with Crippen molar-refractivity contribution in [3.63, 3.8) is 0 Å². The van der Waals surface area contributed by atoms with E-state index >= 15 is 0 Å². The van der Waals surface area contributed by atoms with Gasteiger partial charge in [0.15, 0.2) is 19.0 Å². The molecule has 0 aliphatic heterocycles. The van der Waals surface area contributed by atoms with E-state index in [4.69, 9.17) is 9.47 Å². The summed E-state index contributed by atoms with van der Waals surface area (Å²) < 4.78 is 10.2. The van der Waals surface area contributed by atoms with Gasteiger partial charge in [-0.25, -0.2) is 4.79 Å². The van der Waals surface area contributed by atoms with E-state index in [9.17, 15) is 14.4 Å². The van der Waals surface area contributed by atoms with Crippen LogP contribution in [0.1, 0.15) is 30.6 Å². The first-order valence-corrected chi connectivity index (χ1v) is 8.70. The number of benzene rings is 2. The summed E-state index contributed by atoms with van der Waals surface area (Å²) in [5, 5.41) is 2.77. The molecule has 0 radical (unpaired) electrons. The van der Waals surface area contributed by atoms with Crippen LogP contribution in [0.3, 0.4) is 0 Å². The van der Waals surface area contributed by atoms with Gasteiger partial charge in [0.25, 0.3) is 0 Å². The predicted octanol–water partition coefficient (Wildman–Crippen LogP) is 3.48. The van der Waals surface area contributed by atoms with Crippen LogP contribution >= 0.6 is 0 Å². The minimum atomic E-state index is -0.621. The number of carbonyl (C=O) groups is 3. The van der Waals surface area contributed by atoms with Gasteiger partial charge in [-0.1, -0.05) is 32.0 Å². The summed E-state index contributed by atoms with van der Waals surface area (Å²) in [6.07, 6.45) is 0.432. The molecule has 0 saturated heterocycles. The zero-order chi connectivity index (χ0) is 19.6. The SMILES string of the molecule is CC(C)CC(=O)Nc1ccc(C(=O)COC(=O)COc2ccccc2)cc1. The molecule has 0 spiro atoms. The molecule has 0 unspecified atom stereocenters. The number of esters is 1. The highest BCUT2D eigenvalue weighted by Gasteiger charge is 2.11. The molecular formula is C21H23NO5. The molecule has 0 saturated carbocycles. The zero-order valence-corrected chi connectivity index (χ0v) is 15.4. The molecule has 1 amide bonds. The van der Waals surface area contributed by atoms with Crippen LogP contribution in [-0.4, -0.2) is 30.9 Å². The summed E-state index contributed by atoms with van der Waals surface area (Å²) in [4.78, 5) is 35.5. The lowest BCUT2D eigenvalue weighted by Crippen LogP contribution is -2.19. The molecule has 0 aromatic heterocycles. The Morgan fingerprint density at radius 1 is 0.926 bits per heavy atom. The molecule has 0 fully saturated rings. The molecule has 0 bridgehead atoms. The summed E-state index contributed by atoms with van der Waals surface area (Å²) in [5.41, 5.74) is 1.01. The van der Waals surface area contributed by atoms with Crippen molar-refractivity contribution in [3.05, 3.63) is 60.2 Å². The van der Waals surface area contributed by atoms with Gasteiger partial charge in [0.05, 0.1) is 0 Å². The maximum atomic E-state index is 12.1. The number of anilines is 1. The van der Waals surface area contributed by atoms with E-state index in [0.717, 1.165) is 0 Å². The molecule has 6 nitrogen and oxygen atoms in total. The number of hydrogen-bond donors (Lipinski definition) is 1. The Morgan fingerprint density at radius 2 is 1.59 bits per heavy atom.